The highest BCUT2D eigenvalue weighted by atomic mass is 15.0. The topological polar surface area (TPSA) is 12.0 Å². The summed E-state index contributed by atoms with van der Waals surface area (Å²) in [5, 5.41) is 3.96. The minimum atomic E-state index is 0.746. The lowest BCUT2D eigenvalue weighted by Crippen LogP contribution is -2.48. The molecular weight excluding hydrogens is 194 g/mol. The fourth-order valence-corrected chi connectivity index (χ4v) is 3.91. The summed E-state index contributed by atoms with van der Waals surface area (Å²) in [5.74, 6) is 2.72. The first-order chi connectivity index (χ1) is 7.68. The van der Waals surface area contributed by atoms with E-state index < -0.39 is 0 Å². The first-order valence-electron chi connectivity index (χ1n) is 7.44. The lowest BCUT2D eigenvalue weighted by Gasteiger charge is -2.38. The monoisotopic (exact) mass is 223 g/mol. The normalized spacial score (nSPS) is 38.8. The molecule has 2 unspecified atom stereocenters. The molecular formula is C15H29N. The SMILES string of the molecule is CC1CCCC(C)C1N[C@H](C)C1CCCC1. The van der Waals surface area contributed by atoms with Crippen LogP contribution in [-0.2, 0) is 0 Å². The molecule has 1 nitrogen and oxygen atoms in total. The summed E-state index contributed by atoms with van der Waals surface area (Å²) in [5.41, 5.74) is 0. The van der Waals surface area contributed by atoms with Gasteiger partial charge in [0.25, 0.3) is 0 Å². The zero-order valence-electron chi connectivity index (χ0n) is 11.3. The molecule has 0 bridgehead atoms. The van der Waals surface area contributed by atoms with E-state index in [1.165, 1.54) is 44.9 Å². The molecule has 94 valence electrons. The van der Waals surface area contributed by atoms with Crippen LogP contribution in [-0.4, -0.2) is 12.1 Å². The first-order valence-corrected chi connectivity index (χ1v) is 7.44. The zero-order valence-corrected chi connectivity index (χ0v) is 11.3. The minimum Gasteiger partial charge on any atom is -0.311 e. The van der Waals surface area contributed by atoms with Crippen LogP contribution in [0.1, 0.15) is 65.7 Å². The molecule has 16 heavy (non-hydrogen) atoms. The summed E-state index contributed by atoms with van der Waals surface area (Å²) in [6.07, 6.45) is 10.2. The molecule has 1 N–H and O–H groups in total. The van der Waals surface area contributed by atoms with E-state index in [9.17, 15) is 0 Å². The maximum Gasteiger partial charge on any atom is 0.0121 e. The summed E-state index contributed by atoms with van der Waals surface area (Å²) in [4.78, 5) is 0. The smallest absolute Gasteiger partial charge is 0.0121 e. The predicted molar refractivity (Wildman–Crippen MR) is 70.5 cm³/mol. The van der Waals surface area contributed by atoms with Crippen molar-refractivity contribution in [2.75, 3.05) is 0 Å². The van der Waals surface area contributed by atoms with E-state index in [0.717, 1.165) is 29.8 Å². The van der Waals surface area contributed by atoms with Crippen molar-refractivity contribution in [3.05, 3.63) is 0 Å². The van der Waals surface area contributed by atoms with Crippen molar-refractivity contribution >= 4 is 0 Å². The van der Waals surface area contributed by atoms with E-state index in [2.05, 4.69) is 26.1 Å². The van der Waals surface area contributed by atoms with Crippen LogP contribution in [0.3, 0.4) is 0 Å². The highest BCUT2D eigenvalue weighted by Gasteiger charge is 2.31. The van der Waals surface area contributed by atoms with Gasteiger partial charge in [-0.1, -0.05) is 33.1 Å². The molecule has 2 saturated carbocycles. The van der Waals surface area contributed by atoms with Gasteiger partial charge in [-0.15, -0.1) is 0 Å². The second-order valence-corrected chi connectivity index (χ2v) is 6.41. The number of hydrogen-bond donors (Lipinski definition) is 1. The number of nitrogens with one attached hydrogen (secondary N) is 1. The average Bonchev–Trinajstić information content (AvgIpc) is 2.76. The first kappa shape index (κ1) is 12.4. The van der Waals surface area contributed by atoms with Crippen molar-refractivity contribution in [1.82, 2.24) is 5.32 Å². The van der Waals surface area contributed by atoms with Gasteiger partial charge in [0.1, 0.15) is 0 Å². The van der Waals surface area contributed by atoms with Gasteiger partial charge in [0.15, 0.2) is 0 Å². The zero-order chi connectivity index (χ0) is 11.5. The van der Waals surface area contributed by atoms with Crippen LogP contribution < -0.4 is 5.32 Å². The lowest BCUT2D eigenvalue weighted by molar-refractivity contribution is 0.179. The van der Waals surface area contributed by atoms with Crippen molar-refractivity contribution in [2.24, 2.45) is 17.8 Å². The molecule has 2 rings (SSSR count). The quantitative estimate of drug-likeness (QED) is 0.763. The van der Waals surface area contributed by atoms with Gasteiger partial charge < -0.3 is 5.32 Å². The molecule has 0 amide bonds. The van der Waals surface area contributed by atoms with Crippen molar-refractivity contribution < 1.29 is 0 Å². The van der Waals surface area contributed by atoms with Gasteiger partial charge in [-0.3, -0.25) is 0 Å². The summed E-state index contributed by atoms with van der Waals surface area (Å²) in [6.45, 7) is 7.30. The Morgan fingerprint density at radius 1 is 0.875 bits per heavy atom. The van der Waals surface area contributed by atoms with Gasteiger partial charge in [-0.2, -0.15) is 0 Å². The minimum absolute atomic E-state index is 0.746. The summed E-state index contributed by atoms with van der Waals surface area (Å²) in [7, 11) is 0. The molecule has 0 heterocycles. The van der Waals surface area contributed by atoms with E-state index in [1.807, 2.05) is 0 Å². The maximum absolute atomic E-state index is 3.96. The van der Waals surface area contributed by atoms with Crippen LogP contribution in [0.4, 0.5) is 0 Å². The number of rotatable bonds is 3. The maximum atomic E-state index is 3.96. The fourth-order valence-electron chi connectivity index (χ4n) is 3.91. The molecule has 2 aliphatic rings. The highest BCUT2D eigenvalue weighted by molar-refractivity contribution is 4.87. The van der Waals surface area contributed by atoms with Crippen LogP contribution in [0.15, 0.2) is 0 Å². The molecule has 3 atom stereocenters. The fraction of sp³-hybridized carbons (Fsp3) is 1.00. The Hall–Kier alpha value is -0.0400. The predicted octanol–water partition coefficient (Wildman–Crippen LogP) is 3.98. The third-order valence-electron chi connectivity index (χ3n) is 5.11. The van der Waals surface area contributed by atoms with Gasteiger partial charge >= 0.3 is 0 Å². The highest BCUT2D eigenvalue weighted by Crippen LogP contribution is 2.32. The Balaban J connectivity index is 1.86. The molecule has 0 saturated heterocycles. The number of hydrogen-bond acceptors (Lipinski definition) is 1. The van der Waals surface area contributed by atoms with E-state index in [0.29, 0.717) is 0 Å². The van der Waals surface area contributed by atoms with Crippen molar-refractivity contribution in [2.45, 2.75) is 77.8 Å². The van der Waals surface area contributed by atoms with Crippen LogP contribution in [0.25, 0.3) is 0 Å². The van der Waals surface area contributed by atoms with Crippen LogP contribution >= 0.6 is 0 Å². The standard InChI is InChI=1S/C15H29N/c1-11-7-6-8-12(2)15(11)16-13(3)14-9-4-5-10-14/h11-16H,4-10H2,1-3H3/t11?,12?,13-,15?/m1/s1. The van der Waals surface area contributed by atoms with Crippen LogP contribution in [0, 0.1) is 17.8 Å². The second-order valence-electron chi connectivity index (χ2n) is 6.41. The molecule has 2 fully saturated rings. The third-order valence-corrected chi connectivity index (χ3v) is 5.11. The molecule has 0 aliphatic heterocycles. The molecule has 0 aromatic rings. The molecule has 0 spiro atoms. The van der Waals surface area contributed by atoms with E-state index in [-0.39, 0.29) is 0 Å². The largest absolute Gasteiger partial charge is 0.311 e. The van der Waals surface area contributed by atoms with E-state index in [1.54, 1.807) is 0 Å². The Bertz CT molecular complexity index is 197. The third kappa shape index (κ3) is 2.80. The molecule has 0 radical (unpaired) electrons. The van der Waals surface area contributed by atoms with Gasteiger partial charge in [-0.05, 0) is 50.4 Å². The average molecular weight is 223 g/mol. The van der Waals surface area contributed by atoms with Gasteiger partial charge in [0, 0.05) is 12.1 Å². The van der Waals surface area contributed by atoms with Gasteiger partial charge in [-0.25, -0.2) is 0 Å². The Morgan fingerprint density at radius 3 is 2.00 bits per heavy atom. The van der Waals surface area contributed by atoms with Crippen molar-refractivity contribution in [1.29, 1.82) is 0 Å². The Labute approximate surface area is 101 Å². The van der Waals surface area contributed by atoms with E-state index >= 15 is 0 Å². The van der Waals surface area contributed by atoms with Crippen LogP contribution in [0.2, 0.25) is 0 Å². The van der Waals surface area contributed by atoms with Gasteiger partial charge in [0.2, 0.25) is 0 Å². The van der Waals surface area contributed by atoms with E-state index in [4.69, 9.17) is 0 Å². The summed E-state index contributed by atoms with van der Waals surface area (Å²) < 4.78 is 0. The van der Waals surface area contributed by atoms with Crippen molar-refractivity contribution in [3.8, 4) is 0 Å². The lowest BCUT2D eigenvalue weighted by atomic mass is 9.78. The summed E-state index contributed by atoms with van der Waals surface area (Å²) >= 11 is 0. The molecule has 0 aromatic carbocycles. The van der Waals surface area contributed by atoms with Gasteiger partial charge in [0.05, 0.1) is 0 Å². The summed E-state index contributed by atoms with van der Waals surface area (Å²) in [6, 6.07) is 1.53. The second kappa shape index (κ2) is 5.53. The molecule has 2 aliphatic carbocycles. The van der Waals surface area contributed by atoms with Crippen molar-refractivity contribution in [3.63, 3.8) is 0 Å². The Kier molecular flexibility index (Phi) is 4.29. The molecule has 0 aromatic heterocycles. The van der Waals surface area contributed by atoms with Crippen LogP contribution in [0.5, 0.6) is 0 Å². The molecule has 1 heteroatoms. The Morgan fingerprint density at radius 2 is 1.44 bits per heavy atom.